The average Bonchev–Trinajstić information content (AvgIpc) is 2.78. The predicted molar refractivity (Wildman–Crippen MR) is 94.6 cm³/mol. The number of carbonyl (C=O) groups is 3. The molecule has 1 aromatic carbocycles. The number of hydrogen-bond acceptors (Lipinski definition) is 4. The first-order valence-electron chi connectivity index (χ1n) is 7.69. The molecule has 1 atom stereocenters. The third-order valence-corrected chi connectivity index (χ3v) is 4.24. The van der Waals surface area contributed by atoms with Crippen LogP contribution in [0.25, 0.3) is 0 Å². The van der Waals surface area contributed by atoms with Gasteiger partial charge < -0.3 is 20.4 Å². The maximum Gasteiger partial charge on any atom is 0.310 e. The van der Waals surface area contributed by atoms with E-state index < -0.39 is 17.9 Å². The second-order valence-corrected chi connectivity index (χ2v) is 6.67. The quantitative estimate of drug-likeness (QED) is 0.715. The number of nitrogens with zero attached hydrogens (tertiary/aromatic N) is 2. The van der Waals surface area contributed by atoms with Crippen LogP contribution < -0.4 is 15.5 Å². The Hall–Kier alpha value is -1.93. The predicted octanol–water partition coefficient (Wildman–Crippen LogP) is 0.651. The van der Waals surface area contributed by atoms with Gasteiger partial charge in [-0.3, -0.25) is 14.4 Å². The van der Waals surface area contributed by atoms with E-state index in [9.17, 15) is 14.4 Å². The van der Waals surface area contributed by atoms with Crippen molar-refractivity contribution in [1.29, 1.82) is 0 Å². The Morgan fingerprint density at radius 2 is 2.00 bits per heavy atom. The van der Waals surface area contributed by atoms with Gasteiger partial charge in [0.2, 0.25) is 0 Å². The number of rotatable bonds is 5. The smallest absolute Gasteiger partial charge is 0.310 e. The van der Waals surface area contributed by atoms with Crippen molar-refractivity contribution in [1.82, 2.24) is 15.5 Å². The van der Waals surface area contributed by atoms with E-state index in [1.54, 1.807) is 11.0 Å². The summed E-state index contributed by atoms with van der Waals surface area (Å²) in [5.74, 6) is -1.79. The van der Waals surface area contributed by atoms with E-state index in [0.717, 1.165) is 10.2 Å². The molecule has 0 radical (unpaired) electrons. The molecule has 0 aliphatic carbocycles. The van der Waals surface area contributed by atoms with Crippen molar-refractivity contribution in [2.24, 2.45) is 0 Å². The number of amides is 3. The standard InChI is InChI=1S/C16H21BrN4O3/c1-4-21-12-6-5-10(17)9-11(12)13(16(21)24)19-15(23)14(22)18-7-8-20(2)3/h5-6,9,13H,4,7-8H2,1-3H3,(H,18,22)(H,19,23)/t13-/m1/s1. The van der Waals surface area contributed by atoms with Crippen LogP contribution in [-0.2, 0) is 14.4 Å². The number of carbonyl (C=O) groups excluding carboxylic acids is 3. The first-order chi connectivity index (χ1) is 11.3. The van der Waals surface area contributed by atoms with Crippen molar-refractivity contribution in [3.63, 3.8) is 0 Å². The highest BCUT2D eigenvalue weighted by molar-refractivity contribution is 9.10. The van der Waals surface area contributed by atoms with E-state index in [1.165, 1.54) is 0 Å². The molecule has 1 aliphatic rings. The molecule has 24 heavy (non-hydrogen) atoms. The highest BCUT2D eigenvalue weighted by Crippen LogP contribution is 2.37. The lowest BCUT2D eigenvalue weighted by Gasteiger charge is -2.15. The molecule has 0 fully saturated rings. The first kappa shape index (κ1) is 18.4. The molecule has 2 N–H and O–H groups in total. The number of nitrogens with one attached hydrogen (secondary N) is 2. The molecular formula is C16H21BrN4O3. The molecule has 1 aliphatic heterocycles. The van der Waals surface area contributed by atoms with Gasteiger partial charge in [0.25, 0.3) is 5.91 Å². The molecule has 7 nitrogen and oxygen atoms in total. The highest BCUT2D eigenvalue weighted by Gasteiger charge is 2.38. The van der Waals surface area contributed by atoms with Crippen LogP contribution in [0.15, 0.2) is 22.7 Å². The fraction of sp³-hybridized carbons (Fsp3) is 0.438. The Labute approximate surface area is 149 Å². The summed E-state index contributed by atoms with van der Waals surface area (Å²) in [5.41, 5.74) is 1.44. The van der Waals surface area contributed by atoms with Gasteiger partial charge in [0.1, 0.15) is 6.04 Å². The van der Waals surface area contributed by atoms with E-state index in [4.69, 9.17) is 0 Å². The Kier molecular flexibility index (Phi) is 5.95. The molecule has 0 aromatic heterocycles. The van der Waals surface area contributed by atoms with Crippen LogP contribution in [0.1, 0.15) is 18.5 Å². The lowest BCUT2D eigenvalue weighted by molar-refractivity contribution is -0.140. The molecular weight excluding hydrogens is 376 g/mol. The van der Waals surface area contributed by atoms with Crippen LogP contribution in [0.4, 0.5) is 5.69 Å². The lowest BCUT2D eigenvalue weighted by atomic mass is 10.1. The second kappa shape index (κ2) is 7.76. The van der Waals surface area contributed by atoms with Crippen LogP contribution >= 0.6 is 15.9 Å². The molecule has 1 aromatic rings. The topological polar surface area (TPSA) is 81.8 Å². The summed E-state index contributed by atoms with van der Waals surface area (Å²) in [6.07, 6.45) is 0. The van der Waals surface area contributed by atoms with Crippen molar-refractivity contribution in [3.8, 4) is 0 Å². The largest absolute Gasteiger partial charge is 0.347 e. The first-order valence-corrected chi connectivity index (χ1v) is 8.48. The van der Waals surface area contributed by atoms with Crippen molar-refractivity contribution >= 4 is 39.3 Å². The summed E-state index contributed by atoms with van der Waals surface area (Å²) in [6.45, 7) is 3.35. The zero-order chi connectivity index (χ0) is 17.9. The SMILES string of the molecule is CCN1C(=O)[C@H](NC(=O)C(=O)NCCN(C)C)c2cc(Br)ccc21. The van der Waals surface area contributed by atoms with E-state index in [1.807, 2.05) is 38.1 Å². The van der Waals surface area contributed by atoms with Gasteiger partial charge in [0.15, 0.2) is 0 Å². The van der Waals surface area contributed by atoms with Gasteiger partial charge in [0.05, 0.1) is 0 Å². The number of halogens is 1. The number of anilines is 1. The Bertz CT molecular complexity index is 663. The Morgan fingerprint density at radius 3 is 2.62 bits per heavy atom. The summed E-state index contributed by atoms with van der Waals surface area (Å²) >= 11 is 3.37. The summed E-state index contributed by atoms with van der Waals surface area (Å²) in [5, 5.41) is 5.07. The van der Waals surface area contributed by atoms with Crippen molar-refractivity contribution in [3.05, 3.63) is 28.2 Å². The Balaban J connectivity index is 2.09. The van der Waals surface area contributed by atoms with Gasteiger partial charge in [-0.25, -0.2) is 0 Å². The molecule has 3 amide bonds. The summed E-state index contributed by atoms with van der Waals surface area (Å²) < 4.78 is 0.807. The fourth-order valence-corrected chi connectivity index (χ4v) is 2.92. The summed E-state index contributed by atoms with van der Waals surface area (Å²) in [7, 11) is 3.75. The number of likely N-dealkylation sites (N-methyl/N-ethyl adjacent to an activating group) is 2. The number of benzene rings is 1. The minimum atomic E-state index is -0.843. The van der Waals surface area contributed by atoms with Crippen LogP contribution in [0.5, 0.6) is 0 Å². The summed E-state index contributed by atoms with van der Waals surface area (Å²) in [6, 6.07) is 4.61. The fourth-order valence-electron chi connectivity index (χ4n) is 2.55. The van der Waals surface area contributed by atoms with Crippen molar-refractivity contribution in [2.75, 3.05) is 38.6 Å². The molecule has 0 unspecified atom stereocenters. The summed E-state index contributed by atoms with van der Waals surface area (Å²) in [4.78, 5) is 40.0. The van der Waals surface area contributed by atoms with Gasteiger partial charge in [-0.05, 0) is 39.2 Å². The number of fused-ring (bicyclic) bond motifs is 1. The van der Waals surface area contributed by atoms with Crippen LogP contribution in [0.3, 0.4) is 0 Å². The molecule has 0 spiro atoms. The van der Waals surface area contributed by atoms with E-state index in [0.29, 0.717) is 25.2 Å². The van der Waals surface area contributed by atoms with Crippen LogP contribution in [-0.4, -0.2) is 56.4 Å². The monoisotopic (exact) mass is 396 g/mol. The zero-order valence-electron chi connectivity index (χ0n) is 13.9. The van der Waals surface area contributed by atoms with E-state index in [2.05, 4.69) is 26.6 Å². The van der Waals surface area contributed by atoms with Crippen LogP contribution in [0, 0.1) is 0 Å². The van der Waals surface area contributed by atoms with Gasteiger partial charge in [-0.15, -0.1) is 0 Å². The molecule has 1 heterocycles. The third-order valence-electron chi connectivity index (χ3n) is 3.75. The minimum absolute atomic E-state index is 0.236. The van der Waals surface area contributed by atoms with Crippen LogP contribution in [0.2, 0.25) is 0 Å². The molecule has 2 rings (SSSR count). The zero-order valence-corrected chi connectivity index (χ0v) is 15.5. The van der Waals surface area contributed by atoms with Gasteiger partial charge in [-0.2, -0.15) is 0 Å². The molecule has 0 bridgehead atoms. The highest BCUT2D eigenvalue weighted by atomic mass is 79.9. The van der Waals surface area contributed by atoms with Crippen molar-refractivity contribution < 1.29 is 14.4 Å². The van der Waals surface area contributed by atoms with Gasteiger partial charge in [0, 0.05) is 35.4 Å². The molecule has 0 saturated heterocycles. The van der Waals surface area contributed by atoms with Gasteiger partial charge in [-0.1, -0.05) is 15.9 Å². The van der Waals surface area contributed by atoms with Gasteiger partial charge >= 0.3 is 11.8 Å². The number of hydrogen-bond donors (Lipinski definition) is 2. The molecule has 130 valence electrons. The lowest BCUT2D eigenvalue weighted by Crippen LogP contribution is -2.45. The van der Waals surface area contributed by atoms with E-state index >= 15 is 0 Å². The normalized spacial score (nSPS) is 16.3. The maximum absolute atomic E-state index is 12.5. The van der Waals surface area contributed by atoms with E-state index in [-0.39, 0.29) is 5.91 Å². The minimum Gasteiger partial charge on any atom is -0.347 e. The average molecular weight is 397 g/mol. The molecule has 8 heteroatoms. The third kappa shape index (κ3) is 3.93. The molecule has 0 saturated carbocycles. The maximum atomic E-state index is 12.5. The Morgan fingerprint density at radius 1 is 1.29 bits per heavy atom. The second-order valence-electron chi connectivity index (χ2n) is 5.75. The van der Waals surface area contributed by atoms with Crippen molar-refractivity contribution in [2.45, 2.75) is 13.0 Å².